The summed E-state index contributed by atoms with van der Waals surface area (Å²) in [6, 6.07) is 2.21. The van der Waals surface area contributed by atoms with Crippen molar-refractivity contribution in [3.05, 3.63) is 40.9 Å². The second-order valence-electron chi connectivity index (χ2n) is 5.61. The molecule has 1 saturated heterocycles. The van der Waals surface area contributed by atoms with Crippen molar-refractivity contribution in [2.24, 2.45) is 7.05 Å². The summed E-state index contributed by atoms with van der Waals surface area (Å²) in [5.74, 6) is 2.35. The second-order valence-corrected chi connectivity index (χ2v) is 6.39. The lowest BCUT2D eigenvalue weighted by atomic mass is 10.1. The standard InChI is InChI=1S/C15H18N6OS.ClH/c1-20-5-4-17-15(20)12-8-16-3-6-21(12)9-13-18-14(19-22-13)11-2-7-23-10-11;/h2,4-5,7,10,12,16H,3,6,8-9H2,1H3;1H. The van der Waals surface area contributed by atoms with Crippen molar-refractivity contribution < 1.29 is 4.52 Å². The monoisotopic (exact) mass is 366 g/mol. The Balaban J connectivity index is 0.00000169. The Morgan fingerprint density at radius 2 is 2.38 bits per heavy atom. The number of imidazole rings is 1. The van der Waals surface area contributed by atoms with Crippen molar-refractivity contribution in [3.63, 3.8) is 0 Å². The molecule has 9 heteroatoms. The largest absolute Gasteiger partial charge is 0.338 e. The first-order valence-corrected chi connectivity index (χ1v) is 8.52. The van der Waals surface area contributed by atoms with E-state index in [2.05, 4.69) is 29.9 Å². The van der Waals surface area contributed by atoms with Gasteiger partial charge in [0.25, 0.3) is 0 Å². The van der Waals surface area contributed by atoms with Gasteiger partial charge in [-0.2, -0.15) is 16.3 Å². The normalized spacial score (nSPS) is 18.5. The minimum atomic E-state index is 0. The zero-order valence-corrected chi connectivity index (χ0v) is 14.9. The van der Waals surface area contributed by atoms with E-state index in [0.29, 0.717) is 18.3 Å². The van der Waals surface area contributed by atoms with Gasteiger partial charge in [0.05, 0.1) is 12.6 Å². The van der Waals surface area contributed by atoms with Crippen LogP contribution in [0.2, 0.25) is 0 Å². The number of rotatable bonds is 4. The SMILES string of the molecule is Cl.Cn1ccnc1C1CNCCN1Cc1nc(-c2ccsc2)no1. The van der Waals surface area contributed by atoms with E-state index in [-0.39, 0.29) is 18.4 Å². The summed E-state index contributed by atoms with van der Waals surface area (Å²) < 4.78 is 7.51. The Morgan fingerprint density at radius 1 is 1.46 bits per heavy atom. The molecule has 3 aromatic heterocycles. The third-order valence-electron chi connectivity index (χ3n) is 4.10. The van der Waals surface area contributed by atoms with Gasteiger partial charge in [0.1, 0.15) is 5.82 Å². The number of aryl methyl sites for hydroxylation is 1. The van der Waals surface area contributed by atoms with E-state index in [1.54, 1.807) is 11.3 Å². The van der Waals surface area contributed by atoms with Crippen LogP contribution in [0.3, 0.4) is 0 Å². The third-order valence-corrected chi connectivity index (χ3v) is 4.78. The smallest absolute Gasteiger partial charge is 0.241 e. The number of hydrogen-bond donors (Lipinski definition) is 1. The molecule has 0 saturated carbocycles. The molecule has 0 spiro atoms. The second kappa shape index (κ2) is 7.43. The quantitative estimate of drug-likeness (QED) is 0.762. The van der Waals surface area contributed by atoms with Crippen molar-refractivity contribution in [2.75, 3.05) is 19.6 Å². The van der Waals surface area contributed by atoms with Crippen LogP contribution in [0.1, 0.15) is 17.8 Å². The fraction of sp³-hybridized carbons (Fsp3) is 0.400. The molecule has 0 radical (unpaired) electrons. The molecule has 0 bridgehead atoms. The van der Waals surface area contributed by atoms with Crippen LogP contribution in [-0.4, -0.2) is 44.2 Å². The number of halogens is 1. The summed E-state index contributed by atoms with van der Waals surface area (Å²) in [7, 11) is 2.02. The Kier molecular flexibility index (Phi) is 5.30. The number of aromatic nitrogens is 4. The first kappa shape index (κ1) is 17.1. The van der Waals surface area contributed by atoms with Crippen molar-refractivity contribution in [3.8, 4) is 11.4 Å². The van der Waals surface area contributed by atoms with Gasteiger partial charge in [-0.05, 0) is 11.4 Å². The maximum Gasteiger partial charge on any atom is 0.241 e. The molecule has 0 aromatic carbocycles. The molecular weight excluding hydrogens is 348 g/mol. The van der Waals surface area contributed by atoms with E-state index < -0.39 is 0 Å². The van der Waals surface area contributed by atoms with Crippen LogP contribution in [0.4, 0.5) is 0 Å². The predicted molar refractivity (Wildman–Crippen MR) is 94.1 cm³/mol. The zero-order chi connectivity index (χ0) is 15.6. The highest BCUT2D eigenvalue weighted by Crippen LogP contribution is 2.24. The van der Waals surface area contributed by atoms with E-state index in [1.165, 1.54) is 0 Å². The minimum Gasteiger partial charge on any atom is -0.338 e. The molecule has 0 aliphatic carbocycles. The van der Waals surface area contributed by atoms with Crippen LogP contribution >= 0.6 is 23.7 Å². The molecule has 0 amide bonds. The number of nitrogens with zero attached hydrogens (tertiary/aromatic N) is 5. The average molecular weight is 367 g/mol. The lowest BCUT2D eigenvalue weighted by molar-refractivity contribution is 0.128. The Labute approximate surface area is 150 Å². The van der Waals surface area contributed by atoms with Crippen LogP contribution in [0.5, 0.6) is 0 Å². The summed E-state index contributed by atoms with van der Waals surface area (Å²) in [6.45, 7) is 3.38. The molecule has 1 unspecified atom stereocenters. The molecule has 1 atom stereocenters. The number of piperazine rings is 1. The Hall–Kier alpha value is -1.74. The average Bonchev–Trinajstić information content (AvgIpc) is 3.29. The maximum absolute atomic E-state index is 5.44. The van der Waals surface area contributed by atoms with Gasteiger partial charge in [-0.1, -0.05) is 5.16 Å². The summed E-state index contributed by atoms with van der Waals surface area (Å²) >= 11 is 1.63. The molecule has 1 aliphatic rings. The highest BCUT2D eigenvalue weighted by Gasteiger charge is 2.28. The molecule has 7 nitrogen and oxygen atoms in total. The van der Waals surface area contributed by atoms with Crippen molar-refractivity contribution in [1.82, 2.24) is 29.9 Å². The molecule has 24 heavy (non-hydrogen) atoms. The van der Waals surface area contributed by atoms with Crippen LogP contribution in [0.15, 0.2) is 33.7 Å². The molecule has 4 heterocycles. The van der Waals surface area contributed by atoms with E-state index >= 15 is 0 Å². The molecule has 128 valence electrons. The van der Waals surface area contributed by atoms with Crippen LogP contribution < -0.4 is 5.32 Å². The van der Waals surface area contributed by atoms with E-state index in [1.807, 2.05) is 36.3 Å². The van der Waals surface area contributed by atoms with Gasteiger partial charge in [-0.15, -0.1) is 12.4 Å². The third kappa shape index (κ3) is 3.36. The fourth-order valence-electron chi connectivity index (χ4n) is 2.89. The molecule has 3 aromatic rings. The van der Waals surface area contributed by atoms with E-state index in [9.17, 15) is 0 Å². The summed E-state index contributed by atoms with van der Waals surface area (Å²) in [5, 5.41) is 11.6. The number of nitrogens with one attached hydrogen (secondary N) is 1. The molecule has 1 N–H and O–H groups in total. The minimum absolute atomic E-state index is 0. The first-order valence-electron chi connectivity index (χ1n) is 7.58. The Bertz CT molecular complexity index is 771. The first-order chi connectivity index (χ1) is 11.3. The van der Waals surface area contributed by atoms with Gasteiger partial charge in [0.15, 0.2) is 0 Å². The predicted octanol–water partition coefficient (Wildman–Crippen LogP) is 2.10. The van der Waals surface area contributed by atoms with Gasteiger partial charge >= 0.3 is 0 Å². The fourth-order valence-corrected chi connectivity index (χ4v) is 3.52. The lowest BCUT2D eigenvalue weighted by Crippen LogP contribution is -2.46. The summed E-state index contributed by atoms with van der Waals surface area (Å²) in [5.41, 5.74) is 1.01. The van der Waals surface area contributed by atoms with Crippen molar-refractivity contribution in [2.45, 2.75) is 12.6 Å². The zero-order valence-electron chi connectivity index (χ0n) is 13.3. The summed E-state index contributed by atoms with van der Waals surface area (Å²) in [4.78, 5) is 11.4. The molecule has 1 aliphatic heterocycles. The summed E-state index contributed by atoms with van der Waals surface area (Å²) in [6.07, 6.45) is 3.81. The van der Waals surface area contributed by atoms with Crippen LogP contribution in [-0.2, 0) is 13.6 Å². The van der Waals surface area contributed by atoms with Crippen molar-refractivity contribution in [1.29, 1.82) is 0 Å². The molecule has 4 rings (SSSR count). The highest BCUT2D eigenvalue weighted by atomic mass is 35.5. The van der Waals surface area contributed by atoms with Crippen molar-refractivity contribution >= 4 is 23.7 Å². The van der Waals surface area contributed by atoms with E-state index in [4.69, 9.17) is 4.52 Å². The van der Waals surface area contributed by atoms with Crippen LogP contribution in [0, 0.1) is 0 Å². The molecular formula is C15H19ClN6OS. The number of hydrogen-bond acceptors (Lipinski definition) is 7. The Morgan fingerprint density at radius 3 is 3.12 bits per heavy atom. The van der Waals surface area contributed by atoms with Gasteiger partial charge < -0.3 is 14.4 Å². The molecule has 1 fully saturated rings. The topological polar surface area (TPSA) is 72.0 Å². The van der Waals surface area contributed by atoms with Gasteiger partial charge in [0.2, 0.25) is 11.7 Å². The number of thiophene rings is 1. The lowest BCUT2D eigenvalue weighted by Gasteiger charge is -2.34. The van der Waals surface area contributed by atoms with E-state index in [0.717, 1.165) is 31.0 Å². The highest BCUT2D eigenvalue weighted by molar-refractivity contribution is 7.08. The van der Waals surface area contributed by atoms with Gasteiger partial charge in [0, 0.05) is 50.0 Å². The van der Waals surface area contributed by atoms with Gasteiger partial charge in [-0.25, -0.2) is 4.98 Å². The maximum atomic E-state index is 5.44. The van der Waals surface area contributed by atoms with Gasteiger partial charge in [-0.3, -0.25) is 4.90 Å². The van der Waals surface area contributed by atoms with Crippen LogP contribution in [0.25, 0.3) is 11.4 Å².